The number of ether oxygens (including phenoxy) is 2. The molecule has 2 fully saturated rings. The lowest BCUT2D eigenvalue weighted by Crippen LogP contribution is -2.59. The van der Waals surface area contributed by atoms with E-state index < -0.39 is 10.2 Å². The van der Waals surface area contributed by atoms with Crippen molar-refractivity contribution < 1.29 is 17.9 Å². The van der Waals surface area contributed by atoms with E-state index in [1.165, 1.54) is 4.31 Å². The molecule has 20 heavy (non-hydrogen) atoms. The summed E-state index contributed by atoms with van der Waals surface area (Å²) in [6, 6.07) is 0. The minimum Gasteiger partial charge on any atom is -0.377 e. The largest absolute Gasteiger partial charge is 0.377 e. The van der Waals surface area contributed by atoms with E-state index in [0.29, 0.717) is 32.6 Å². The third-order valence-electron chi connectivity index (χ3n) is 4.52. The Kier molecular flexibility index (Phi) is 5.07. The summed E-state index contributed by atoms with van der Waals surface area (Å²) in [5.41, 5.74) is -0.274. The topological polar surface area (TPSA) is 59.1 Å². The molecule has 2 atom stereocenters. The van der Waals surface area contributed by atoms with Gasteiger partial charge in [-0.1, -0.05) is 13.8 Å². The maximum atomic E-state index is 12.6. The highest BCUT2D eigenvalue weighted by molar-refractivity contribution is 7.86. The maximum absolute atomic E-state index is 12.6. The van der Waals surface area contributed by atoms with Crippen LogP contribution in [0.4, 0.5) is 0 Å². The van der Waals surface area contributed by atoms with E-state index >= 15 is 0 Å². The fraction of sp³-hybridized carbons (Fsp3) is 1.00. The lowest BCUT2D eigenvalue weighted by molar-refractivity contribution is -0.132. The van der Waals surface area contributed by atoms with E-state index in [9.17, 15) is 8.42 Å². The van der Waals surface area contributed by atoms with Crippen LogP contribution in [0.2, 0.25) is 0 Å². The van der Waals surface area contributed by atoms with Crippen LogP contribution < -0.4 is 0 Å². The van der Waals surface area contributed by atoms with Gasteiger partial charge in [-0.2, -0.15) is 17.0 Å². The van der Waals surface area contributed by atoms with Gasteiger partial charge in [0, 0.05) is 39.9 Å². The molecule has 0 aromatic heterocycles. The molecule has 0 unspecified atom stereocenters. The molecule has 0 aliphatic carbocycles. The molecule has 118 valence electrons. The first-order valence-corrected chi connectivity index (χ1v) is 8.82. The number of piperidine rings is 1. The monoisotopic (exact) mass is 306 g/mol. The van der Waals surface area contributed by atoms with Gasteiger partial charge in [-0.15, -0.1) is 0 Å². The van der Waals surface area contributed by atoms with Crippen LogP contribution in [0.3, 0.4) is 0 Å². The van der Waals surface area contributed by atoms with Gasteiger partial charge in [0.15, 0.2) is 0 Å². The molecule has 2 aliphatic rings. The van der Waals surface area contributed by atoms with Crippen LogP contribution in [0, 0.1) is 0 Å². The number of hydrogen-bond donors (Lipinski definition) is 0. The van der Waals surface area contributed by atoms with Crippen molar-refractivity contribution in [1.29, 1.82) is 0 Å². The predicted molar refractivity (Wildman–Crippen MR) is 76.7 cm³/mol. The van der Waals surface area contributed by atoms with Crippen molar-refractivity contribution in [3.63, 3.8) is 0 Å². The summed E-state index contributed by atoms with van der Waals surface area (Å²) in [5, 5.41) is 0. The van der Waals surface area contributed by atoms with E-state index in [-0.39, 0.29) is 11.7 Å². The Hall–Kier alpha value is -0.210. The van der Waals surface area contributed by atoms with Crippen molar-refractivity contribution in [2.75, 3.05) is 39.9 Å². The van der Waals surface area contributed by atoms with Crippen molar-refractivity contribution in [3.05, 3.63) is 0 Å². The molecule has 0 aromatic rings. The van der Waals surface area contributed by atoms with E-state index in [2.05, 4.69) is 0 Å². The van der Waals surface area contributed by atoms with Gasteiger partial charge >= 0.3 is 0 Å². The van der Waals surface area contributed by atoms with Crippen molar-refractivity contribution >= 4 is 10.2 Å². The first-order chi connectivity index (χ1) is 9.50. The number of methoxy groups -OCH3 is 1. The quantitative estimate of drug-likeness (QED) is 0.755. The second-order valence-corrected chi connectivity index (χ2v) is 7.37. The lowest BCUT2D eigenvalue weighted by atomic mass is 9.87. The molecule has 2 saturated heterocycles. The van der Waals surface area contributed by atoms with Crippen LogP contribution in [0.5, 0.6) is 0 Å². The van der Waals surface area contributed by atoms with Gasteiger partial charge in [0.25, 0.3) is 10.2 Å². The van der Waals surface area contributed by atoms with E-state index in [4.69, 9.17) is 9.47 Å². The Morgan fingerprint density at radius 1 is 1.35 bits per heavy atom. The lowest BCUT2D eigenvalue weighted by Gasteiger charge is -2.44. The average Bonchev–Trinajstić information content (AvgIpc) is 2.89. The van der Waals surface area contributed by atoms with Crippen molar-refractivity contribution in [1.82, 2.24) is 8.61 Å². The Bertz CT molecular complexity index is 416. The SMILES string of the molecule is CCN(CC)S(=O)(=O)N1CC[C@@]2(CCCO2)[C@@H](OC)C1. The van der Waals surface area contributed by atoms with Crippen LogP contribution in [0.1, 0.15) is 33.1 Å². The number of rotatable bonds is 5. The molecule has 2 rings (SSSR count). The standard InChI is InChI=1S/C13H26N2O4S/c1-4-14(5-2)20(16,17)15-9-8-13(7-6-10-19-13)12(11-15)18-3/h12H,4-11H2,1-3H3/t12-,13-/m0/s1. The summed E-state index contributed by atoms with van der Waals surface area (Å²) in [6.07, 6.45) is 2.53. The van der Waals surface area contributed by atoms with Crippen LogP contribution >= 0.6 is 0 Å². The summed E-state index contributed by atoms with van der Waals surface area (Å²) in [7, 11) is -1.74. The molecular weight excluding hydrogens is 280 g/mol. The molecule has 0 radical (unpaired) electrons. The summed E-state index contributed by atoms with van der Waals surface area (Å²) in [5.74, 6) is 0. The minimum atomic E-state index is -3.38. The van der Waals surface area contributed by atoms with Crippen LogP contribution in [-0.2, 0) is 19.7 Å². The molecule has 1 spiro atoms. The van der Waals surface area contributed by atoms with E-state index in [0.717, 1.165) is 19.4 Å². The number of nitrogens with zero attached hydrogens (tertiary/aromatic N) is 2. The molecule has 0 N–H and O–H groups in total. The molecular formula is C13H26N2O4S. The third-order valence-corrected chi connectivity index (χ3v) is 6.67. The summed E-state index contributed by atoms with van der Waals surface area (Å²) in [6.45, 7) is 6.36. The van der Waals surface area contributed by atoms with Gasteiger partial charge in [-0.05, 0) is 19.3 Å². The van der Waals surface area contributed by atoms with E-state index in [1.807, 2.05) is 13.8 Å². The van der Waals surface area contributed by atoms with Gasteiger partial charge in [0.2, 0.25) is 0 Å². The first kappa shape index (κ1) is 16.2. The smallest absolute Gasteiger partial charge is 0.282 e. The highest BCUT2D eigenvalue weighted by Gasteiger charge is 2.49. The van der Waals surface area contributed by atoms with Crippen molar-refractivity contribution in [2.24, 2.45) is 0 Å². The van der Waals surface area contributed by atoms with Gasteiger partial charge in [-0.3, -0.25) is 0 Å². The van der Waals surface area contributed by atoms with E-state index in [1.54, 1.807) is 11.4 Å². The normalized spacial score (nSPS) is 32.3. The Morgan fingerprint density at radius 3 is 2.55 bits per heavy atom. The molecule has 0 saturated carbocycles. The van der Waals surface area contributed by atoms with Gasteiger partial charge < -0.3 is 9.47 Å². The summed E-state index contributed by atoms with van der Waals surface area (Å²) >= 11 is 0. The Morgan fingerprint density at radius 2 is 2.05 bits per heavy atom. The maximum Gasteiger partial charge on any atom is 0.282 e. The Labute approximate surface area is 122 Å². The van der Waals surface area contributed by atoms with Gasteiger partial charge in [0.05, 0.1) is 11.7 Å². The third kappa shape index (κ3) is 2.74. The van der Waals surface area contributed by atoms with Crippen molar-refractivity contribution in [3.8, 4) is 0 Å². The van der Waals surface area contributed by atoms with Crippen molar-refractivity contribution in [2.45, 2.75) is 44.8 Å². The average molecular weight is 306 g/mol. The van der Waals surface area contributed by atoms with Crippen LogP contribution in [0.15, 0.2) is 0 Å². The fourth-order valence-electron chi connectivity index (χ4n) is 3.30. The van der Waals surface area contributed by atoms with Gasteiger partial charge in [0.1, 0.15) is 0 Å². The minimum absolute atomic E-state index is 0.177. The molecule has 2 aliphatic heterocycles. The predicted octanol–water partition coefficient (Wildman–Crippen LogP) is 0.843. The zero-order valence-electron chi connectivity index (χ0n) is 12.7. The summed E-state index contributed by atoms with van der Waals surface area (Å²) < 4.78 is 39.6. The Balaban J connectivity index is 2.14. The van der Waals surface area contributed by atoms with Gasteiger partial charge in [-0.25, -0.2) is 0 Å². The molecule has 7 heteroatoms. The highest BCUT2D eigenvalue weighted by Crippen LogP contribution is 2.38. The zero-order valence-corrected chi connectivity index (χ0v) is 13.5. The number of hydrogen-bond acceptors (Lipinski definition) is 4. The molecule has 0 amide bonds. The van der Waals surface area contributed by atoms with Crippen LogP contribution in [0.25, 0.3) is 0 Å². The molecule has 0 bridgehead atoms. The molecule has 2 heterocycles. The summed E-state index contributed by atoms with van der Waals surface area (Å²) in [4.78, 5) is 0. The molecule has 0 aromatic carbocycles. The highest BCUT2D eigenvalue weighted by atomic mass is 32.2. The zero-order chi connectivity index (χ0) is 14.8. The second-order valence-electron chi connectivity index (χ2n) is 5.44. The first-order valence-electron chi connectivity index (χ1n) is 7.42. The molecule has 6 nitrogen and oxygen atoms in total. The van der Waals surface area contributed by atoms with Crippen LogP contribution in [-0.4, -0.2) is 68.6 Å². The second kappa shape index (κ2) is 6.27. The fourth-order valence-corrected chi connectivity index (χ4v) is 4.92.